The number of alkyl carbamates (subject to hydrolysis) is 1. The number of carbonyl (C=O) groups excluding carboxylic acids is 3. The zero-order valence-corrected chi connectivity index (χ0v) is 30.4. The number of aliphatic hydroxyl groups excluding tert-OH is 1. The highest BCUT2D eigenvalue weighted by Crippen LogP contribution is 2.43. The van der Waals surface area contributed by atoms with Crippen molar-refractivity contribution < 1.29 is 43.2 Å². The molecule has 274 valence electrons. The minimum Gasteiger partial charge on any atom is -0.457 e. The average Bonchev–Trinajstić information content (AvgIpc) is 3.80. The van der Waals surface area contributed by atoms with Crippen LogP contribution in [0.15, 0.2) is 0 Å². The van der Waals surface area contributed by atoms with Gasteiger partial charge in [0.2, 0.25) is 0 Å². The van der Waals surface area contributed by atoms with Crippen LogP contribution in [0.4, 0.5) is 4.79 Å². The summed E-state index contributed by atoms with van der Waals surface area (Å²) in [5, 5.41) is 21.6. The maximum absolute atomic E-state index is 14.6. The first-order valence-corrected chi connectivity index (χ1v) is 18.0. The molecule has 5 heterocycles. The van der Waals surface area contributed by atoms with Crippen LogP contribution in [0.3, 0.4) is 0 Å². The van der Waals surface area contributed by atoms with Gasteiger partial charge in [-0.05, 0) is 92.8 Å². The molecule has 1 saturated carbocycles. The standard InChI is InChI=1S/C35H60N4O9/c1-10-25-35(7)27(38-32(43)48-35)21(4)36-17-19(2)16-34(6)29(20(3)28(41)33(5,13-14-44-34)31(42)46-25)47-30-26(40)24(39(8)9)15-23(45-30)18-37-22-11-12-22/h19-27,29-30,36-37,40H,10-18H2,1-9H3,(H,38,43)/t19-,20+,21-,23+,24+,25-,26-,27-,29-,30+,33+,34-,35-/m1/s1. The van der Waals surface area contributed by atoms with Crippen LogP contribution < -0.4 is 16.0 Å². The van der Waals surface area contributed by atoms with Crippen molar-refractivity contribution >= 4 is 17.8 Å². The van der Waals surface area contributed by atoms with Gasteiger partial charge < -0.3 is 49.6 Å². The largest absolute Gasteiger partial charge is 0.457 e. The first kappa shape index (κ1) is 37.4. The molecule has 1 aliphatic carbocycles. The van der Waals surface area contributed by atoms with E-state index in [0.717, 1.165) is 12.8 Å². The molecule has 6 aliphatic rings. The molecule has 6 rings (SSSR count). The molecular formula is C35H60N4O9. The lowest BCUT2D eigenvalue weighted by molar-refractivity contribution is -0.301. The first-order valence-electron chi connectivity index (χ1n) is 18.0. The van der Waals surface area contributed by atoms with Crippen LogP contribution in [0.5, 0.6) is 0 Å². The number of nitrogens with zero attached hydrogens (tertiary/aromatic N) is 1. The summed E-state index contributed by atoms with van der Waals surface area (Å²) in [6, 6.07) is -0.432. The van der Waals surface area contributed by atoms with Crippen LogP contribution in [-0.4, -0.2) is 128 Å². The zero-order valence-electron chi connectivity index (χ0n) is 30.4. The van der Waals surface area contributed by atoms with E-state index in [4.69, 9.17) is 23.7 Å². The summed E-state index contributed by atoms with van der Waals surface area (Å²) >= 11 is 0. The van der Waals surface area contributed by atoms with Crippen LogP contribution >= 0.6 is 0 Å². The van der Waals surface area contributed by atoms with Crippen molar-refractivity contribution in [2.45, 2.75) is 153 Å². The van der Waals surface area contributed by atoms with E-state index in [2.05, 4.69) is 22.9 Å². The first-order chi connectivity index (χ1) is 22.5. The normalized spacial score (nSPS) is 46.2. The van der Waals surface area contributed by atoms with Gasteiger partial charge in [0.15, 0.2) is 17.7 Å². The Bertz CT molecular complexity index is 1190. The van der Waals surface area contributed by atoms with Gasteiger partial charge in [-0.15, -0.1) is 0 Å². The van der Waals surface area contributed by atoms with Crippen molar-refractivity contribution in [3.8, 4) is 0 Å². The van der Waals surface area contributed by atoms with Gasteiger partial charge in [0.05, 0.1) is 23.9 Å². The van der Waals surface area contributed by atoms with E-state index < -0.39 is 65.2 Å². The fraction of sp³-hybridized carbons (Fsp3) is 0.914. The lowest BCUT2D eigenvalue weighted by atomic mass is 9.70. The lowest BCUT2D eigenvalue weighted by Gasteiger charge is -2.49. The molecule has 13 heteroatoms. The summed E-state index contributed by atoms with van der Waals surface area (Å²) in [6.45, 7) is 14.4. The van der Waals surface area contributed by atoms with Crippen LogP contribution in [0.2, 0.25) is 0 Å². The molecule has 5 aliphatic heterocycles. The van der Waals surface area contributed by atoms with Gasteiger partial charge in [0.25, 0.3) is 0 Å². The smallest absolute Gasteiger partial charge is 0.408 e. The Morgan fingerprint density at radius 1 is 1.10 bits per heavy atom. The third-order valence-electron chi connectivity index (χ3n) is 11.7. The highest BCUT2D eigenvalue weighted by atomic mass is 16.7. The van der Waals surface area contributed by atoms with E-state index >= 15 is 0 Å². The predicted octanol–water partition coefficient (Wildman–Crippen LogP) is 2.13. The van der Waals surface area contributed by atoms with Crippen LogP contribution in [0, 0.1) is 17.3 Å². The molecule has 5 saturated heterocycles. The van der Waals surface area contributed by atoms with E-state index in [1.807, 2.05) is 39.8 Å². The molecule has 13 nitrogen and oxygen atoms in total. The third kappa shape index (κ3) is 7.43. The fourth-order valence-electron chi connectivity index (χ4n) is 8.49. The predicted molar refractivity (Wildman–Crippen MR) is 177 cm³/mol. The molecule has 0 spiro atoms. The maximum atomic E-state index is 14.6. The Hall–Kier alpha value is -1.87. The summed E-state index contributed by atoms with van der Waals surface area (Å²) in [7, 11) is 3.87. The van der Waals surface area contributed by atoms with Crippen molar-refractivity contribution in [3.05, 3.63) is 0 Å². The summed E-state index contributed by atoms with van der Waals surface area (Å²) in [6.07, 6.45) is -0.456. The van der Waals surface area contributed by atoms with Crippen LogP contribution in [0.1, 0.15) is 87.0 Å². The Morgan fingerprint density at radius 2 is 1.81 bits per heavy atom. The number of ether oxygens (including phenoxy) is 5. The second kappa shape index (κ2) is 14.4. The van der Waals surface area contributed by atoms with Gasteiger partial charge in [0.1, 0.15) is 17.6 Å². The van der Waals surface area contributed by atoms with Gasteiger partial charge in [-0.25, -0.2) is 4.79 Å². The molecule has 0 aromatic rings. The Morgan fingerprint density at radius 3 is 2.46 bits per heavy atom. The summed E-state index contributed by atoms with van der Waals surface area (Å²) in [5.74, 6) is -1.77. The number of hydrogen-bond acceptors (Lipinski definition) is 12. The van der Waals surface area contributed by atoms with Gasteiger partial charge in [-0.1, -0.05) is 20.8 Å². The van der Waals surface area contributed by atoms with Crippen LogP contribution in [0.25, 0.3) is 0 Å². The van der Waals surface area contributed by atoms with Crippen LogP contribution in [-0.2, 0) is 33.3 Å². The number of esters is 1. The molecule has 0 unspecified atom stereocenters. The summed E-state index contributed by atoms with van der Waals surface area (Å²) < 4.78 is 31.9. The van der Waals surface area contributed by atoms with Gasteiger partial charge >= 0.3 is 12.1 Å². The van der Waals surface area contributed by atoms with E-state index in [1.54, 1.807) is 20.8 Å². The maximum Gasteiger partial charge on any atom is 0.408 e. The highest BCUT2D eigenvalue weighted by molar-refractivity contribution is 6.04. The van der Waals surface area contributed by atoms with Crippen molar-refractivity contribution in [1.29, 1.82) is 0 Å². The average molecular weight is 681 g/mol. The highest BCUT2D eigenvalue weighted by Gasteiger charge is 2.58. The number of Topliss-reactive ketones (excluding diaryl/α,β-unsaturated/α-hetero) is 1. The number of aliphatic hydroxyl groups is 1. The van der Waals surface area contributed by atoms with Gasteiger partial charge in [0, 0.05) is 37.2 Å². The minimum absolute atomic E-state index is 0.0492. The molecular weight excluding hydrogens is 620 g/mol. The third-order valence-corrected chi connectivity index (χ3v) is 11.7. The number of fused-ring (bicyclic) bond motifs is 10. The van der Waals surface area contributed by atoms with E-state index in [-0.39, 0.29) is 42.9 Å². The molecule has 4 N–H and O–H groups in total. The van der Waals surface area contributed by atoms with Gasteiger partial charge in [-0.3, -0.25) is 9.59 Å². The number of hydrogen-bond donors (Lipinski definition) is 4. The SMILES string of the molecule is CC[C@H]1OC(=O)[C@@]2(C)CCO[C@](C)(C[C@@H](C)CN[C@H](C)[C@H]3NC(=O)O[C@@]31C)[C@H](O[C@@H]1O[C@H](CNC3CC3)C[C@H](N(C)C)[C@H]1O)[C@@H](C)C2=O. The fourth-order valence-corrected chi connectivity index (χ4v) is 8.49. The number of nitrogens with one attached hydrogen (secondary N) is 3. The van der Waals surface area contributed by atoms with Crippen molar-refractivity contribution in [3.63, 3.8) is 0 Å². The van der Waals surface area contributed by atoms with E-state index in [9.17, 15) is 19.5 Å². The quantitative estimate of drug-likeness (QED) is 0.230. The van der Waals surface area contributed by atoms with Crippen molar-refractivity contribution in [1.82, 2.24) is 20.9 Å². The molecule has 1 amide bonds. The number of amides is 1. The van der Waals surface area contributed by atoms with E-state index in [1.165, 1.54) is 0 Å². The molecule has 0 aromatic heterocycles. The second-order valence-corrected chi connectivity index (χ2v) is 16.0. The monoisotopic (exact) mass is 680 g/mol. The number of carbonyl (C=O) groups is 3. The van der Waals surface area contributed by atoms with E-state index in [0.29, 0.717) is 38.4 Å². The number of likely N-dealkylation sites (N-methyl/N-ethyl adjacent to an activating group) is 1. The van der Waals surface area contributed by atoms with Crippen molar-refractivity contribution in [2.24, 2.45) is 17.3 Å². The number of rotatable bonds is 7. The summed E-state index contributed by atoms with van der Waals surface area (Å²) in [5.41, 5.74) is -3.68. The van der Waals surface area contributed by atoms with Gasteiger partial charge in [-0.2, -0.15) is 0 Å². The minimum atomic E-state index is -1.55. The Labute approximate surface area is 285 Å². The molecule has 48 heavy (non-hydrogen) atoms. The molecule has 0 radical (unpaired) electrons. The summed E-state index contributed by atoms with van der Waals surface area (Å²) in [4.78, 5) is 43.4. The topological polar surface area (TPSA) is 157 Å². The van der Waals surface area contributed by atoms with Crippen molar-refractivity contribution in [2.75, 3.05) is 33.8 Å². The molecule has 2 bridgehead atoms. The molecule has 6 fully saturated rings. The molecule has 13 atom stereocenters. The second-order valence-electron chi connectivity index (χ2n) is 16.0. The molecule has 0 aromatic carbocycles. The Kier molecular flexibility index (Phi) is 11.2. The number of ketones is 1. The lowest BCUT2D eigenvalue weighted by Crippen LogP contribution is -2.62. The Balaban J connectivity index is 1.50. The zero-order chi connectivity index (χ0) is 35.2.